The Hall–Kier alpha value is -1.30. The molecule has 0 saturated carbocycles. The van der Waals surface area contributed by atoms with Gasteiger partial charge in [0.15, 0.2) is 0 Å². The van der Waals surface area contributed by atoms with Gasteiger partial charge in [0.05, 0.1) is 20.1 Å². The number of hydrogen-bond acceptors (Lipinski definition) is 3. The molecule has 0 unspecified atom stereocenters. The second-order valence-corrected chi connectivity index (χ2v) is 3.29. The summed E-state index contributed by atoms with van der Waals surface area (Å²) < 4.78 is 4.57. The molecule has 0 bridgehead atoms. The molecule has 1 fully saturated rings. The maximum atomic E-state index is 11.3. The molecular weight excluding hydrogens is 200 g/mol. The maximum absolute atomic E-state index is 11.3. The third kappa shape index (κ3) is 3.09. The summed E-state index contributed by atoms with van der Waals surface area (Å²) in [6, 6.07) is 0. The van der Waals surface area contributed by atoms with Gasteiger partial charge in [0.1, 0.15) is 0 Å². The number of methoxy groups -OCH3 is 1. The molecule has 1 heterocycles. The zero-order valence-corrected chi connectivity index (χ0v) is 8.77. The molecule has 1 rings (SSSR count). The fourth-order valence-electron chi connectivity index (χ4n) is 1.51. The second kappa shape index (κ2) is 5.55. The molecule has 15 heavy (non-hydrogen) atoms. The molecule has 0 aromatic rings. The smallest absolute Gasteiger partial charge is 0.409 e. The van der Waals surface area contributed by atoms with Crippen molar-refractivity contribution < 1.29 is 19.4 Å². The van der Waals surface area contributed by atoms with E-state index in [0.717, 1.165) is 0 Å². The van der Waals surface area contributed by atoms with Gasteiger partial charge in [-0.25, -0.2) is 9.90 Å². The molecule has 1 saturated heterocycles. The van der Waals surface area contributed by atoms with E-state index in [2.05, 4.69) is 4.74 Å². The van der Waals surface area contributed by atoms with Crippen LogP contribution in [0.4, 0.5) is 4.79 Å². The number of amides is 2. The van der Waals surface area contributed by atoms with Gasteiger partial charge in [-0.15, -0.1) is 0 Å². The van der Waals surface area contributed by atoms with Gasteiger partial charge in [-0.3, -0.25) is 4.79 Å². The van der Waals surface area contributed by atoms with E-state index in [-0.39, 0.29) is 25.0 Å². The summed E-state index contributed by atoms with van der Waals surface area (Å²) in [5.41, 5.74) is 0. The summed E-state index contributed by atoms with van der Waals surface area (Å²) in [5.74, 6) is -0.130. The van der Waals surface area contributed by atoms with Crippen molar-refractivity contribution in [1.82, 2.24) is 9.80 Å². The number of piperazine rings is 1. The third-order valence-corrected chi connectivity index (χ3v) is 2.38. The molecule has 1 aliphatic rings. The summed E-state index contributed by atoms with van der Waals surface area (Å²) >= 11 is 0. The largest absolute Gasteiger partial charge is 0.453 e. The third-order valence-electron chi connectivity index (χ3n) is 2.38. The average Bonchev–Trinajstić information content (AvgIpc) is 2.28. The van der Waals surface area contributed by atoms with E-state index in [1.807, 2.05) is 0 Å². The van der Waals surface area contributed by atoms with Gasteiger partial charge in [-0.05, 0) is 0 Å². The van der Waals surface area contributed by atoms with Crippen molar-refractivity contribution in [2.24, 2.45) is 0 Å². The summed E-state index contributed by atoms with van der Waals surface area (Å²) in [6.07, 6.45) is -0.330. The van der Waals surface area contributed by atoms with E-state index < -0.39 is 0 Å². The number of hydrogen-bond donors (Lipinski definition) is 0. The van der Waals surface area contributed by atoms with Gasteiger partial charge in [-0.1, -0.05) is 0 Å². The Morgan fingerprint density at radius 1 is 1.13 bits per heavy atom. The van der Waals surface area contributed by atoms with Gasteiger partial charge >= 0.3 is 6.09 Å². The Morgan fingerprint density at radius 3 is 2.13 bits per heavy atom. The van der Waals surface area contributed by atoms with Crippen LogP contribution in [0, 0.1) is 0 Å². The molecule has 0 spiro atoms. The zero-order valence-electron chi connectivity index (χ0n) is 8.77. The predicted molar refractivity (Wildman–Crippen MR) is 50.7 cm³/mol. The highest BCUT2D eigenvalue weighted by Crippen LogP contribution is 2.04. The van der Waals surface area contributed by atoms with Gasteiger partial charge in [0, 0.05) is 26.2 Å². The van der Waals surface area contributed by atoms with Crippen LogP contribution in [0.25, 0.3) is 0 Å². The van der Waals surface area contributed by atoms with Crippen molar-refractivity contribution >= 4 is 12.0 Å². The lowest BCUT2D eigenvalue weighted by molar-refractivity contribution is -0.133. The van der Waals surface area contributed by atoms with Crippen LogP contribution in [0.2, 0.25) is 0 Å². The first-order valence-electron chi connectivity index (χ1n) is 4.87. The lowest BCUT2D eigenvalue weighted by Crippen LogP contribution is -2.50. The molecule has 2 amide bonds. The fraction of sp³-hybridized carbons (Fsp3) is 0.778. The van der Waals surface area contributed by atoms with Crippen molar-refractivity contribution in [2.75, 3.05) is 39.9 Å². The highest BCUT2D eigenvalue weighted by atomic mass is 16.5. The lowest BCUT2D eigenvalue weighted by atomic mass is 10.3. The Labute approximate surface area is 88.4 Å². The molecule has 0 aliphatic carbocycles. The van der Waals surface area contributed by atoms with Crippen LogP contribution < -0.4 is 0 Å². The maximum Gasteiger partial charge on any atom is 0.409 e. The van der Waals surface area contributed by atoms with E-state index in [1.165, 1.54) is 7.11 Å². The summed E-state index contributed by atoms with van der Waals surface area (Å²) in [5, 5.41) is 10.3. The molecule has 0 atom stereocenters. The quantitative estimate of drug-likeness (QED) is 0.636. The highest BCUT2D eigenvalue weighted by Gasteiger charge is 2.23. The van der Waals surface area contributed by atoms with E-state index in [9.17, 15) is 14.7 Å². The Kier molecular flexibility index (Phi) is 4.36. The van der Waals surface area contributed by atoms with Crippen LogP contribution in [0.5, 0.6) is 0 Å². The summed E-state index contributed by atoms with van der Waals surface area (Å²) in [6.45, 7) is 1.52. The highest BCUT2D eigenvalue weighted by molar-refractivity contribution is 5.76. The number of ether oxygens (including phenoxy) is 1. The van der Waals surface area contributed by atoms with E-state index >= 15 is 0 Å². The average molecular weight is 215 g/mol. The van der Waals surface area contributed by atoms with Crippen molar-refractivity contribution in [3.63, 3.8) is 0 Å². The van der Waals surface area contributed by atoms with E-state index in [0.29, 0.717) is 26.2 Å². The monoisotopic (exact) mass is 215 g/mol. The molecular formula is C9H15N2O4. The van der Waals surface area contributed by atoms with E-state index in [1.54, 1.807) is 9.80 Å². The van der Waals surface area contributed by atoms with Crippen LogP contribution in [0.3, 0.4) is 0 Å². The zero-order chi connectivity index (χ0) is 11.3. The number of carbonyl (C=O) groups is 2. The first-order valence-corrected chi connectivity index (χ1v) is 4.87. The number of nitrogens with zero attached hydrogens (tertiary/aromatic N) is 2. The van der Waals surface area contributed by atoms with Crippen LogP contribution in [0.1, 0.15) is 6.42 Å². The van der Waals surface area contributed by atoms with Gasteiger partial charge < -0.3 is 14.5 Å². The Balaban J connectivity index is 2.35. The van der Waals surface area contributed by atoms with E-state index in [4.69, 9.17) is 0 Å². The minimum Gasteiger partial charge on any atom is -0.453 e. The summed E-state index contributed by atoms with van der Waals surface area (Å²) in [4.78, 5) is 25.6. The number of rotatable bonds is 2. The van der Waals surface area contributed by atoms with Gasteiger partial charge in [0.2, 0.25) is 5.91 Å². The fourth-order valence-corrected chi connectivity index (χ4v) is 1.51. The normalized spacial score (nSPS) is 16.4. The first kappa shape index (κ1) is 11.8. The molecule has 0 aromatic carbocycles. The summed E-state index contributed by atoms with van der Waals surface area (Å²) in [7, 11) is 1.33. The van der Waals surface area contributed by atoms with Crippen LogP contribution in [-0.2, 0) is 14.6 Å². The second-order valence-electron chi connectivity index (χ2n) is 3.29. The van der Waals surface area contributed by atoms with Crippen LogP contribution in [-0.4, -0.2) is 61.7 Å². The Morgan fingerprint density at radius 2 is 1.67 bits per heavy atom. The Bertz CT molecular complexity index is 236. The molecule has 0 N–H and O–H groups in total. The lowest BCUT2D eigenvalue weighted by Gasteiger charge is -2.33. The molecule has 0 aromatic heterocycles. The van der Waals surface area contributed by atoms with Crippen LogP contribution in [0.15, 0.2) is 0 Å². The van der Waals surface area contributed by atoms with Crippen molar-refractivity contribution in [3.8, 4) is 0 Å². The molecule has 85 valence electrons. The van der Waals surface area contributed by atoms with Crippen molar-refractivity contribution in [3.05, 3.63) is 0 Å². The van der Waals surface area contributed by atoms with Crippen molar-refractivity contribution in [1.29, 1.82) is 0 Å². The van der Waals surface area contributed by atoms with Crippen molar-refractivity contribution in [2.45, 2.75) is 6.42 Å². The van der Waals surface area contributed by atoms with Crippen LogP contribution >= 0.6 is 0 Å². The topological polar surface area (TPSA) is 69.8 Å². The molecule has 1 radical (unpaired) electrons. The molecule has 1 aliphatic heterocycles. The van der Waals surface area contributed by atoms with Gasteiger partial charge in [-0.2, -0.15) is 0 Å². The SMILES string of the molecule is COC(=O)N1CCN(C(=O)CC[O])CC1. The molecule has 6 nitrogen and oxygen atoms in total. The molecule has 6 heteroatoms. The standard InChI is InChI=1S/C9H15N2O4/c1-15-9(14)11-5-3-10(4-6-11)8(13)2-7-12/h2-7H2,1H3. The van der Waals surface area contributed by atoms with Gasteiger partial charge in [0.25, 0.3) is 0 Å². The predicted octanol–water partition coefficient (Wildman–Crippen LogP) is -0.282. The first-order chi connectivity index (χ1) is 7.19. The minimum atomic E-state index is -0.379. The minimum absolute atomic E-state index is 0.0399. The number of carbonyl (C=O) groups excluding carboxylic acids is 2.